The lowest BCUT2D eigenvalue weighted by Gasteiger charge is -2.19. The van der Waals surface area contributed by atoms with Crippen molar-refractivity contribution >= 4 is 22.8 Å². The lowest BCUT2D eigenvalue weighted by molar-refractivity contribution is 0.0684. The summed E-state index contributed by atoms with van der Waals surface area (Å²) in [6.45, 7) is 0.702. The molecule has 2 aliphatic rings. The number of hydrogen-bond acceptors (Lipinski definition) is 7. The third-order valence-electron chi connectivity index (χ3n) is 5.02. The van der Waals surface area contributed by atoms with E-state index in [0.29, 0.717) is 18.8 Å². The summed E-state index contributed by atoms with van der Waals surface area (Å²) in [5, 5.41) is 9.57. The molecular formula is C18H20FN5O4. The average molecular weight is 389 g/mol. The van der Waals surface area contributed by atoms with E-state index in [1.807, 2.05) is 0 Å². The first kappa shape index (κ1) is 18.4. The molecule has 0 spiro atoms. The van der Waals surface area contributed by atoms with Crippen LogP contribution in [0.15, 0.2) is 28.8 Å². The zero-order valence-electron chi connectivity index (χ0n) is 15.2. The van der Waals surface area contributed by atoms with Crippen molar-refractivity contribution < 1.29 is 19.1 Å². The Bertz CT molecular complexity index is 1050. The van der Waals surface area contributed by atoms with Crippen LogP contribution in [-0.2, 0) is 4.84 Å². The summed E-state index contributed by atoms with van der Waals surface area (Å²) in [6, 6.07) is 2.10. The van der Waals surface area contributed by atoms with Gasteiger partial charge in [-0.1, -0.05) is 0 Å². The Labute approximate surface area is 159 Å². The fourth-order valence-corrected chi connectivity index (χ4v) is 3.53. The van der Waals surface area contributed by atoms with Crippen molar-refractivity contribution in [1.82, 2.24) is 15.0 Å². The fourth-order valence-electron chi connectivity index (χ4n) is 3.53. The van der Waals surface area contributed by atoms with Crippen LogP contribution in [0.5, 0.6) is 0 Å². The molecule has 1 saturated carbocycles. The maximum absolute atomic E-state index is 14.8. The van der Waals surface area contributed by atoms with Crippen molar-refractivity contribution in [3.05, 3.63) is 45.8 Å². The molecule has 4 rings (SSSR count). The second-order valence-corrected chi connectivity index (χ2v) is 6.94. The monoisotopic (exact) mass is 389 g/mol. The lowest BCUT2D eigenvalue weighted by Crippen LogP contribution is -2.28. The number of carboxylic acid groups (broad SMARTS) is 1. The Balaban J connectivity index is 1.89. The average Bonchev–Trinajstić information content (AvgIpc) is 3.42. The van der Waals surface area contributed by atoms with Gasteiger partial charge in [0.25, 0.3) is 0 Å². The van der Waals surface area contributed by atoms with Crippen LogP contribution in [0, 0.1) is 11.7 Å². The molecule has 3 heterocycles. The minimum absolute atomic E-state index is 0.00944. The van der Waals surface area contributed by atoms with Gasteiger partial charge in [-0.25, -0.2) is 14.2 Å². The molecule has 0 radical (unpaired) electrons. The first-order valence-corrected chi connectivity index (χ1v) is 8.91. The van der Waals surface area contributed by atoms with Crippen molar-refractivity contribution in [2.45, 2.75) is 18.9 Å². The number of fused-ring (bicyclic) bond motifs is 1. The Morgan fingerprint density at radius 1 is 1.46 bits per heavy atom. The highest BCUT2D eigenvalue weighted by Gasteiger charge is 2.32. The number of aromatic carboxylic acids is 1. The second kappa shape index (κ2) is 6.88. The minimum atomic E-state index is -1.21. The van der Waals surface area contributed by atoms with Gasteiger partial charge in [-0.3, -0.25) is 15.1 Å². The molecule has 0 aromatic carbocycles. The number of carboxylic acids is 1. The maximum Gasteiger partial charge on any atom is 0.352 e. The van der Waals surface area contributed by atoms with Gasteiger partial charge in [-0.05, 0) is 18.9 Å². The van der Waals surface area contributed by atoms with Gasteiger partial charge in [-0.2, -0.15) is 0 Å². The predicted molar refractivity (Wildman–Crippen MR) is 99.3 cm³/mol. The third kappa shape index (κ3) is 3.00. The Morgan fingerprint density at radius 3 is 2.82 bits per heavy atom. The Morgan fingerprint density at radius 2 is 2.21 bits per heavy atom. The second-order valence-electron chi connectivity index (χ2n) is 6.94. The molecule has 1 aliphatic carbocycles. The van der Waals surface area contributed by atoms with Gasteiger partial charge in [0.2, 0.25) is 0 Å². The highest BCUT2D eigenvalue weighted by atomic mass is 19.1. The van der Waals surface area contributed by atoms with Gasteiger partial charge in [0.1, 0.15) is 11.3 Å². The number of aromatic nitrogens is 2. The van der Waals surface area contributed by atoms with Crippen molar-refractivity contribution in [2.75, 3.05) is 25.1 Å². The molecule has 1 atom stereocenters. The van der Waals surface area contributed by atoms with E-state index >= 15 is 0 Å². The number of halogens is 1. The zero-order valence-corrected chi connectivity index (χ0v) is 15.2. The van der Waals surface area contributed by atoms with E-state index in [2.05, 4.69) is 10.5 Å². The van der Waals surface area contributed by atoms with E-state index in [-0.39, 0.29) is 34.5 Å². The Kier molecular flexibility index (Phi) is 4.52. The summed E-state index contributed by atoms with van der Waals surface area (Å²) in [5.74, 6) is -1.97. The van der Waals surface area contributed by atoms with Crippen molar-refractivity contribution in [1.29, 1.82) is 0 Å². The predicted octanol–water partition coefficient (Wildman–Crippen LogP) is 0.956. The number of pyridine rings is 2. The fraction of sp³-hybridized carbons (Fsp3) is 0.389. The number of nitrogens with zero attached hydrogens (tertiary/aromatic N) is 3. The summed E-state index contributed by atoms with van der Waals surface area (Å²) in [4.78, 5) is 34.9. The third-order valence-corrected chi connectivity index (χ3v) is 5.02. The smallest absolute Gasteiger partial charge is 0.352 e. The van der Waals surface area contributed by atoms with Gasteiger partial charge >= 0.3 is 5.97 Å². The van der Waals surface area contributed by atoms with E-state index in [0.717, 1.165) is 25.0 Å². The molecule has 148 valence electrons. The van der Waals surface area contributed by atoms with Gasteiger partial charge in [0.05, 0.1) is 18.2 Å². The highest BCUT2D eigenvalue weighted by molar-refractivity contribution is 5.90. The number of anilines is 1. The van der Waals surface area contributed by atoms with E-state index in [9.17, 15) is 19.1 Å². The molecule has 0 bridgehead atoms. The van der Waals surface area contributed by atoms with Gasteiger partial charge < -0.3 is 20.3 Å². The molecule has 2 aromatic heterocycles. The quantitative estimate of drug-likeness (QED) is 0.624. The summed E-state index contributed by atoms with van der Waals surface area (Å²) in [6.07, 6.45) is 3.22. The number of nitrogens with one attached hydrogen (secondary N) is 1. The molecule has 1 fully saturated rings. The number of carbonyl (C=O) groups is 1. The van der Waals surface area contributed by atoms with Crippen molar-refractivity contribution in [2.24, 2.45) is 11.7 Å². The first-order chi connectivity index (χ1) is 13.4. The number of rotatable bonds is 6. The lowest BCUT2D eigenvalue weighted by atomic mass is 10.1. The number of nitrogens with two attached hydrogens (primary N) is 1. The van der Waals surface area contributed by atoms with Crippen LogP contribution in [0.1, 0.15) is 29.4 Å². The maximum atomic E-state index is 14.8. The van der Waals surface area contributed by atoms with E-state index in [1.165, 1.54) is 11.7 Å². The van der Waals surface area contributed by atoms with E-state index in [1.54, 1.807) is 11.1 Å². The molecule has 9 nitrogen and oxygen atoms in total. The molecule has 0 saturated heterocycles. The normalized spacial score (nSPS) is 19.2. The van der Waals surface area contributed by atoms with E-state index in [4.69, 9.17) is 10.6 Å². The van der Waals surface area contributed by atoms with Crippen LogP contribution < -0.4 is 21.5 Å². The van der Waals surface area contributed by atoms with Crippen molar-refractivity contribution in [3.8, 4) is 0 Å². The summed E-state index contributed by atoms with van der Waals surface area (Å²) in [7, 11) is 1.47. The summed E-state index contributed by atoms with van der Waals surface area (Å²) < 4.78 is 16.3. The van der Waals surface area contributed by atoms with E-state index < -0.39 is 17.2 Å². The first-order valence-electron chi connectivity index (χ1n) is 8.91. The molecule has 1 unspecified atom stereocenters. The van der Waals surface area contributed by atoms with Crippen LogP contribution in [-0.4, -0.2) is 40.8 Å². The van der Waals surface area contributed by atoms with Crippen LogP contribution in [0.4, 0.5) is 10.2 Å². The molecule has 10 heteroatoms. The highest BCUT2D eigenvalue weighted by Crippen LogP contribution is 2.38. The minimum Gasteiger partial charge on any atom is -0.477 e. The summed E-state index contributed by atoms with van der Waals surface area (Å²) in [5.41, 5.74) is 8.67. The topological polar surface area (TPSA) is 123 Å². The van der Waals surface area contributed by atoms with Crippen LogP contribution in [0.25, 0.3) is 11.0 Å². The SMILES string of the molecule is CONC1=CN(c2nc3c(cc2F)c(=O)cc(C(=O)O)n3C2CC2)CC1CN. The molecule has 0 amide bonds. The molecule has 4 N–H and O–H groups in total. The largest absolute Gasteiger partial charge is 0.477 e. The van der Waals surface area contributed by atoms with Crippen LogP contribution >= 0.6 is 0 Å². The zero-order chi connectivity index (χ0) is 20.0. The van der Waals surface area contributed by atoms with Crippen LogP contribution in [0.3, 0.4) is 0 Å². The summed E-state index contributed by atoms with van der Waals surface area (Å²) >= 11 is 0. The molecule has 1 aliphatic heterocycles. The van der Waals surface area contributed by atoms with Gasteiger partial charge in [0, 0.05) is 37.3 Å². The number of hydroxylamine groups is 1. The Hall–Kier alpha value is -2.98. The molecule has 2 aromatic rings. The van der Waals surface area contributed by atoms with Crippen molar-refractivity contribution in [3.63, 3.8) is 0 Å². The molecular weight excluding hydrogens is 369 g/mol. The molecule has 28 heavy (non-hydrogen) atoms. The van der Waals surface area contributed by atoms with Crippen LogP contribution in [0.2, 0.25) is 0 Å². The van der Waals surface area contributed by atoms with Gasteiger partial charge in [-0.15, -0.1) is 0 Å². The van der Waals surface area contributed by atoms with Gasteiger partial charge in [0.15, 0.2) is 17.1 Å². The standard InChI is InChI=1S/C18H20FN5O4/c1-28-22-13-8-23(7-9(13)6-20)17-12(19)4-11-15(25)5-14(18(26)27)24(10-2-3-10)16(11)21-17/h4-5,8-10,22H,2-3,6-7,20H2,1H3,(H,26,27). The number of hydrogen-bond donors (Lipinski definition) is 3.